The van der Waals surface area contributed by atoms with Gasteiger partial charge in [-0.2, -0.15) is 0 Å². The van der Waals surface area contributed by atoms with Gasteiger partial charge >= 0.3 is 0 Å². The van der Waals surface area contributed by atoms with Crippen molar-refractivity contribution in [3.63, 3.8) is 0 Å². The Morgan fingerprint density at radius 1 is 1.34 bits per heavy atom. The van der Waals surface area contributed by atoms with Crippen LogP contribution in [-0.2, 0) is 11.5 Å². The molecule has 2 fully saturated rings. The summed E-state index contributed by atoms with van der Waals surface area (Å²) in [6.07, 6.45) is 4.24. The fourth-order valence-electron chi connectivity index (χ4n) is 4.00. The second-order valence-corrected chi connectivity index (χ2v) is 9.45. The normalized spacial score (nSPS) is 20.2. The minimum Gasteiger partial charge on any atom is -0.440 e. The molecule has 0 N–H and O–H groups in total. The van der Waals surface area contributed by atoms with Crippen molar-refractivity contribution >= 4 is 45.7 Å². The summed E-state index contributed by atoms with van der Waals surface area (Å²) in [6.45, 7) is 4.08. The molecule has 1 aromatic carbocycles. The van der Waals surface area contributed by atoms with Gasteiger partial charge in [-0.25, -0.2) is 9.67 Å². The molecule has 1 amide bonds. The minimum absolute atomic E-state index is 0.0393. The maximum absolute atomic E-state index is 12.0. The first-order valence-corrected chi connectivity index (χ1v) is 11.3. The Balaban J connectivity index is 1.31. The molecule has 0 spiro atoms. The van der Waals surface area contributed by atoms with E-state index in [1.165, 1.54) is 11.3 Å². The number of carbonyl (C=O) groups is 1. The molecule has 29 heavy (non-hydrogen) atoms. The smallest absolute Gasteiger partial charge is 0.225 e. The maximum atomic E-state index is 12.0. The summed E-state index contributed by atoms with van der Waals surface area (Å²) in [7, 11) is 0. The lowest BCUT2D eigenvalue weighted by Gasteiger charge is -2.30. The van der Waals surface area contributed by atoms with Gasteiger partial charge in [0.05, 0.1) is 6.67 Å². The van der Waals surface area contributed by atoms with E-state index in [9.17, 15) is 4.79 Å². The van der Waals surface area contributed by atoms with Crippen LogP contribution < -0.4 is 4.90 Å². The lowest BCUT2D eigenvalue weighted by atomic mass is 9.98. The van der Waals surface area contributed by atoms with Gasteiger partial charge in [0.1, 0.15) is 5.52 Å². The average molecular weight is 430 g/mol. The van der Waals surface area contributed by atoms with Crippen LogP contribution in [-0.4, -0.2) is 44.7 Å². The molecule has 3 aromatic rings. The van der Waals surface area contributed by atoms with Crippen molar-refractivity contribution < 1.29 is 9.21 Å². The summed E-state index contributed by atoms with van der Waals surface area (Å²) < 4.78 is 8.56. The number of hydrogen-bond donors (Lipinski definition) is 0. The summed E-state index contributed by atoms with van der Waals surface area (Å²) in [5.41, 5.74) is 1.76. The van der Waals surface area contributed by atoms with E-state index in [1.807, 2.05) is 28.9 Å². The Labute approximate surface area is 177 Å². The topological polar surface area (TPSA) is 67.4 Å². The van der Waals surface area contributed by atoms with E-state index < -0.39 is 0 Å². The van der Waals surface area contributed by atoms with Crippen molar-refractivity contribution in [2.75, 3.05) is 18.0 Å². The zero-order valence-corrected chi connectivity index (χ0v) is 17.9. The van der Waals surface area contributed by atoms with Crippen LogP contribution in [0, 0.1) is 3.95 Å². The molecular weight excluding hydrogens is 406 g/mol. The zero-order valence-electron chi connectivity index (χ0n) is 16.3. The summed E-state index contributed by atoms with van der Waals surface area (Å²) >= 11 is 6.97. The van der Waals surface area contributed by atoms with Crippen LogP contribution in [0.1, 0.15) is 44.4 Å². The van der Waals surface area contributed by atoms with Crippen LogP contribution in [0.25, 0.3) is 11.1 Å². The van der Waals surface area contributed by atoms with E-state index >= 15 is 0 Å². The number of likely N-dealkylation sites (tertiary alicyclic amines) is 1. The van der Waals surface area contributed by atoms with Gasteiger partial charge in [-0.05, 0) is 56.6 Å². The molecule has 7 nitrogen and oxygen atoms in total. The monoisotopic (exact) mass is 429 g/mol. The van der Waals surface area contributed by atoms with E-state index in [0.29, 0.717) is 16.7 Å². The highest BCUT2D eigenvalue weighted by Gasteiger charge is 2.34. The van der Waals surface area contributed by atoms with E-state index in [2.05, 4.69) is 10.00 Å². The fourth-order valence-corrected chi connectivity index (χ4v) is 5.20. The quantitative estimate of drug-likeness (QED) is 0.567. The SMILES string of the molecule is CC(=O)N(c1nn(CN2CCC[C@H](c3nc4ccccc4o3)C2)c(=S)s1)C1CC1. The third-order valence-corrected chi connectivity index (χ3v) is 6.86. The van der Waals surface area contributed by atoms with Crippen LogP contribution in [0.15, 0.2) is 28.7 Å². The molecule has 0 radical (unpaired) electrons. The first kappa shape index (κ1) is 18.9. The van der Waals surface area contributed by atoms with E-state index in [-0.39, 0.29) is 11.8 Å². The number of anilines is 1. The molecule has 2 aliphatic rings. The zero-order chi connectivity index (χ0) is 20.0. The Morgan fingerprint density at radius 2 is 2.17 bits per heavy atom. The van der Waals surface area contributed by atoms with Crippen molar-refractivity contribution in [3.05, 3.63) is 34.1 Å². The number of carbonyl (C=O) groups excluding carboxylic acids is 1. The molecule has 1 saturated carbocycles. The predicted molar refractivity (Wildman–Crippen MR) is 115 cm³/mol. The van der Waals surface area contributed by atoms with Crippen LogP contribution in [0.5, 0.6) is 0 Å². The number of fused-ring (bicyclic) bond motifs is 1. The average Bonchev–Trinajstić information content (AvgIpc) is 3.32. The maximum Gasteiger partial charge on any atom is 0.225 e. The molecule has 1 aliphatic carbocycles. The predicted octanol–water partition coefficient (Wildman–Crippen LogP) is 4.17. The molecule has 3 heterocycles. The molecule has 1 atom stereocenters. The molecule has 9 heteroatoms. The van der Waals surface area contributed by atoms with E-state index in [1.54, 1.807) is 11.8 Å². The largest absolute Gasteiger partial charge is 0.440 e. The van der Waals surface area contributed by atoms with Crippen molar-refractivity contribution in [3.8, 4) is 0 Å². The number of hydrogen-bond acceptors (Lipinski definition) is 7. The minimum atomic E-state index is 0.0393. The number of aromatic nitrogens is 3. The summed E-state index contributed by atoms with van der Waals surface area (Å²) in [6, 6.07) is 8.19. The Morgan fingerprint density at radius 3 is 2.93 bits per heavy atom. The number of nitrogens with zero attached hydrogens (tertiary/aromatic N) is 5. The fraction of sp³-hybridized carbons (Fsp3) is 0.500. The molecule has 1 aliphatic heterocycles. The van der Waals surface area contributed by atoms with Crippen molar-refractivity contribution in [2.45, 2.75) is 51.2 Å². The summed E-state index contributed by atoms with van der Waals surface area (Å²) in [5, 5.41) is 5.39. The van der Waals surface area contributed by atoms with Crippen molar-refractivity contribution in [1.82, 2.24) is 19.7 Å². The van der Waals surface area contributed by atoms with Crippen LogP contribution in [0.2, 0.25) is 0 Å². The van der Waals surface area contributed by atoms with Crippen LogP contribution in [0.3, 0.4) is 0 Å². The first-order chi connectivity index (χ1) is 14.1. The Hall–Kier alpha value is -2.10. The second-order valence-electron chi connectivity index (χ2n) is 7.85. The first-order valence-electron chi connectivity index (χ1n) is 10.0. The van der Waals surface area contributed by atoms with Gasteiger partial charge in [0.15, 0.2) is 15.4 Å². The summed E-state index contributed by atoms with van der Waals surface area (Å²) in [4.78, 5) is 20.9. The highest BCUT2D eigenvalue weighted by Crippen LogP contribution is 2.34. The van der Waals surface area contributed by atoms with Gasteiger partial charge in [-0.1, -0.05) is 23.5 Å². The lowest BCUT2D eigenvalue weighted by Crippen LogP contribution is -2.36. The molecule has 0 bridgehead atoms. The molecular formula is C20H23N5O2S2. The third-order valence-electron chi connectivity index (χ3n) is 5.55. The second kappa shape index (κ2) is 7.62. The number of rotatable bonds is 5. The molecule has 5 rings (SSSR count). The van der Waals surface area contributed by atoms with Gasteiger partial charge in [0.2, 0.25) is 11.0 Å². The highest BCUT2D eigenvalue weighted by molar-refractivity contribution is 7.73. The Bertz CT molecular complexity index is 1070. The molecule has 152 valence electrons. The van der Waals surface area contributed by atoms with E-state index in [4.69, 9.17) is 21.6 Å². The highest BCUT2D eigenvalue weighted by atomic mass is 32.1. The van der Waals surface area contributed by atoms with Crippen molar-refractivity contribution in [2.24, 2.45) is 0 Å². The standard InChI is InChI=1S/C20H23N5O2S2/c1-13(26)25(15-8-9-15)19-22-24(20(28)29-19)12-23-10-4-5-14(11-23)18-21-16-6-2-3-7-17(16)27-18/h2-3,6-7,14-15H,4-5,8-12H2,1H3/t14-/m0/s1. The van der Waals surface area contributed by atoms with Crippen LogP contribution >= 0.6 is 23.6 Å². The van der Waals surface area contributed by atoms with E-state index in [0.717, 1.165) is 60.9 Å². The summed E-state index contributed by atoms with van der Waals surface area (Å²) in [5.74, 6) is 1.12. The Kier molecular flexibility index (Phi) is 4.97. The number of para-hydroxylation sites is 2. The molecule has 0 unspecified atom stereocenters. The third kappa shape index (κ3) is 3.86. The van der Waals surface area contributed by atoms with Crippen LogP contribution in [0.4, 0.5) is 5.13 Å². The lowest BCUT2D eigenvalue weighted by molar-refractivity contribution is -0.116. The number of amides is 1. The number of benzene rings is 1. The van der Waals surface area contributed by atoms with Gasteiger partial charge < -0.3 is 4.42 Å². The number of piperidine rings is 1. The molecule has 1 saturated heterocycles. The van der Waals surface area contributed by atoms with Crippen molar-refractivity contribution in [1.29, 1.82) is 0 Å². The van der Waals surface area contributed by atoms with Gasteiger partial charge in [-0.3, -0.25) is 14.6 Å². The van der Waals surface area contributed by atoms with Gasteiger partial charge in [-0.15, -0.1) is 5.10 Å². The number of oxazole rings is 1. The van der Waals surface area contributed by atoms with Gasteiger partial charge in [0, 0.05) is 25.4 Å². The molecule has 2 aromatic heterocycles. The van der Waals surface area contributed by atoms with Gasteiger partial charge in [0.25, 0.3) is 0 Å².